The fourth-order valence-corrected chi connectivity index (χ4v) is 14.0. The molecule has 25 nitrogen and oxygen atoms in total. The van der Waals surface area contributed by atoms with Gasteiger partial charge < -0.3 is 56.3 Å². The summed E-state index contributed by atoms with van der Waals surface area (Å²) in [5, 5.41) is 19.4. The quantitative estimate of drug-likeness (QED) is 0.0202. The Morgan fingerprint density at radius 3 is 1.56 bits per heavy atom. The topological polar surface area (TPSA) is 349 Å². The molecule has 5 fully saturated rings. The fraction of sp³-hybridized carbons (Fsp3) is 0.704. The Hall–Kier alpha value is -5.39. The van der Waals surface area contributed by atoms with E-state index in [9.17, 15) is 56.4 Å². The number of carbonyl (C=O) groups is 10. The van der Waals surface area contributed by atoms with Crippen molar-refractivity contribution in [1.82, 2.24) is 42.3 Å². The van der Waals surface area contributed by atoms with E-state index in [2.05, 4.69) is 42.1 Å². The maximum atomic E-state index is 13.4. The van der Waals surface area contributed by atoms with Gasteiger partial charge in [-0.15, -0.1) is 5.06 Å². The van der Waals surface area contributed by atoms with Gasteiger partial charge in [-0.1, -0.05) is 31.7 Å². The molecule has 0 aromatic heterocycles. The molecule has 5 saturated heterocycles. The van der Waals surface area contributed by atoms with Crippen molar-refractivity contribution in [3.8, 4) is 0 Å². The number of Topliss-reactive ketones (excluding diaryl/α,β-unsaturated/α-hetero) is 2. The highest BCUT2D eigenvalue weighted by Gasteiger charge is 2.48. The van der Waals surface area contributed by atoms with E-state index in [0.717, 1.165) is 75.7 Å². The summed E-state index contributed by atoms with van der Waals surface area (Å²) in [6.07, 6.45) is 9.98. The smallest absolute Gasteiger partial charge is 0.335 e. The van der Waals surface area contributed by atoms with Crippen LogP contribution in [0.15, 0.2) is 18.2 Å². The first kappa shape index (κ1) is 65.8. The van der Waals surface area contributed by atoms with Crippen LogP contribution in [0.3, 0.4) is 0 Å². The van der Waals surface area contributed by atoms with Gasteiger partial charge in [0.25, 0.3) is 27.8 Å². The zero-order valence-corrected chi connectivity index (χ0v) is 48.8. The van der Waals surface area contributed by atoms with Crippen LogP contribution in [0, 0.1) is 0 Å². The average molecular weight is 1210 g/mol. The number of hydrogen-bond acceptors (Lipinski definition) is 18. The number of hydroxylamine groups is 2. The molecule has 0 radical (unpaired) electrons. The molecule has 1 aromatic carbocycles. The second-order valence-corrected chi connectivity index (χ2v) is 25.2. The Bertz CT molecular complexity index is 2400. The summed E-state index contributed by atoms with van der Waals surface area (Å²) in [5.41, 5.74) is 1.54. The number of rotatable bonds is 41. The summed E-state index contributed by atoms with van der Waals surface area (Å²) in [7, 11) is -4.84. The molecular formula is C54H80N8O17S3. The summed E-state index contributed by atoms with van der Waals surface area (Å²) >= 11 is 3.73. The lowest BCUT2D eigenvalue weighted by Gasteiger charge is -2.16. The van der Waals surface area contributed by atoms with E-state index in [1.54, 1.807) is 18.2 Å². The molecule has 6 rings (SSSR count). The summed E-state index contributed by atoms with van der Waals surface area (Å²) in [6, 6.07) is 5.59. The van der Waals surface area contributed by atoms with Gasteiger partial charge in [0.15, 0.2) is 5.25 Å². The Morgan fingerprint density at radius 1 is 0.573 bits per heavy atom. The standard InChI is InChI=1S/C54H80N8O17S3/c63-38(11-3-1-9-18-55-45(65)15-7-5-13-42-49-40(33-80-42)58-53(71)60-49)30-35-27-36(31-39(64)12-4-2-10-19-56-46(66)16-8-6-14-43-50-41(34-81-43)59-54(72)61-50)29-37(28-35)51(69)57-20-22-77-24-26-78-25-23-76-21-17-48(68)79-62-47(67)32-44(52(62)70)82(73,74)75/h27-29,40-44,49-50H,1-26,30-34H2,(H,55,65)(H,56,66)(H,57,69)(H2,58,60,71)(H2,59,61,72)(H,73,74,75). The monoisotopic (exact) mass is 1210 g/mol. The summed E-state index contributed by atoms with van der Waals surface area (Å²) in [6.45, 7) is 1.78. The normalized spacial score (nSPS) is 21.8. The van der Waals surface area contributed by atoms with E-state index in [-0.39, 0.29) is 130 Å². The third-order valence-corrected chi connectivity index (χ3v) is 18.6. The maximum Gasteiger partial charge on any atom is 0.335 e. The number of imide groups is 1. The van der Waals surface area contributed by atoms with Crippen LogP contribution in [-0.2, 0) is 75.6 Å². The summed E-state index contributed by atoms with van der Waals surface area (Å²) in [5.74, 6) is -2.07. The third-order valence-electron chi connectivity index (χ3n) is 14.5. The SMILES string of the molecule is O=C(CCCCCNC(=O)CCCCC1SCC2NC(=O)NC21)Cc1cc(CC(=O)CCCCCNC(=O)CCCCC2SCC3NC(=O)NC32)cc(C(=O)NCCOCCOCCOCCC(=O)ON2C(=O)CC(S(=O)(=O)O)C2=O)c1. The summed E-state index contributed by atoms with van der Waals surface area (Å²) in [4.78, 5) is 129. The maximum absolute atomic E-state index is 13.4. The molecular weight excluding hydrogens is 1130 g/mol. The van der Waals surface area contributed by atoms with E-state index in [0.29, 0.717) is 78.8 Å². The molecule has 9 amide bonds. The van der Waals surface area contributed by atoms with Crippen LogP contribution in [-0.4, -0.2) is 188 Å². The predicted octanol–water partition coefficient (Wildman–Crippen LogP) is 2.36. The highest BCUT2D eigenvalue weighted by molar-refractivity contribution is 8.00. The Kier molecular flexibility index (Phi) is 27.6. The van der Waals surface area contributed by atoms with Crippen LogP contribution in [0.25, 0.3) is 0 Å². The Morgan fingerprint density at radius 2 is 1.06 bits per heavy atom. The van der Waals surface area contributed by atoms with Crippen LogP contribution < -0.4 is 37.2 Å². The van der Waals surface area contributed by atoms with Crippen molar-refractivity contribution >= 4 is 92.8 Å². The van der Waals surface area contributed by atoms with Crippen LogP contribution in [0.5, 0.6) is 0 Å². The minimum absolute atomic E-state index is 0.00255. The molecule has 1 aromatic rings. The Labute approximate surface area is 486 Å². The number of fused-ring (bicyclic) bond motifs is 2. The van der Waals surface area contributed by atoms with Gasteiger partial charge in [-0.3, -0.25) is 38.1 Å². The first-order valence-corrected chi connectivity index (χ1v) is 32.2. The lowest BCUT2D eigenvalue weighted by molar-refractivity contribution is -0.198. The first-order chi connectivity index (χ1) is 39.4. The van der Waals surface area contributed by atoms with Crippen molar-refractivity contribution in [2.24, 2.45) is 0 Å². The molecule has 82 heavy (non-hydrogen) atoms. The van der Waals surface area contributed by atoms with Gasteiger partial charge in [-0.25, -0.2) is 14.4 Å². The van der Waals surface area contributed by atoms with E-state index >= 15 is 0 Å². The number of hydrogen-bond donors (Lipinski definition) is 8. The predicted molar refractivity (Wildman–Crippen MR) is 302 cm³/mol. The molecule has 0 aliphatic carbocycles. The van der Waals surface area contributed by atoms with Gasteiger partial charge in [0.1, 0.15) is 11.6 Å². The number of ketones is 2. The van der Waals surface area contributed by atoms with Gasteiger partial charge in [0, 0.05) is 85.7 Å². The molecule has 7 atom stereocenters. The molecule has 5 aliphatic heterocycles. The number of thioether (sulfide) groups is 2. The number of ether oxygens (including phenoxy) is 3. The molecule has 5 heterocycles. The van der Waals surface area contributed by atoms with Crippen molar-refractivity contribution in [2.75, 3.05) is 70.8 Å². The number of benzene rings is 1. The molecule has 0 saturated carbocycles. The van der Waals surface area contributed by atoms with Crippen molar-refractivity contribution < 1.29 is 80.0 Å². The van der Waals surface area contributed by atoms with Gasteiger partial charge in [-0.2, -0.15) is 31.9 Å². The zero-order valence-electron chi connectivity index (χ0n) is 46.3. The minimum Gasteiger partial charge on any atom is -0.378 e. The molecule has 0 bridgehead atoms. The molecule has 5 aliphatic rings. The van der Waals surface area contributed by atoms with Crippen LogP contribution >= 0.6 is 23.5 Å². The Balaban J connectivity index is 0.837. The molecule has 28 heteroatoms. The van der Waals surface area contributed by atoms with Crippen LogP contribution in [0.2, 0.25) is 0 Å². The summed E-state index contributed by atoms with van der Waals surface area (Å²) < 4.78 is 47.9. The third kappa shape index (κ3) is 22.6. The second kappa shape index (κ2) is 34.4. The minimum atomic E-state index is -4.84. The van der Waals surface area contributed by atoms with Gasteiger partial charge in [-0.05, 0) is 74.6 Å². The van der Waals surface area contributed by atoms with E-state index in [1.807, 2.05) is 23.5 Å². The zero-order chi connectivity index (χ0) is 58.9. The fourth-order valence-electron chi connectivity index (χ4n) is 10.3. The number of urea groups is 2. The van der Waals surface area contributed by atoms with Crippen molar-refractivity contribution in [1.29, 1.82) is 0 Å². The van der Waals surface area contributed by atoms with E-state index < -0.39 is 45.5 Å². The van der Waals surface area contributed by atoms with Gasteiger partial charge >= 0.3 is 18.0 Å². The van der Waals surface area contributed by atoms with Crippen molar-refractivity contribution in [2.45, 2.75) is 168 Å². The number of carbonyl (C=O) groups excluding carboxylic acids is 10. The van der Waals surface area contributed by atoms with E-state index in [4.69, 9.17) is 18.8 Å². The van der Waals surface area contributed by atoms with Crippen LogP contribution in [0.1, 0.15) is 137 Å². The number of nitrogens with zero attached hydrogens (tertiary/aromatic N) is 1. The van der Waals surface area contributed by atoms with Gasteiger partial charge in [0.2, 0.25) is 11.8 Å². The molecule has 456 valence electrons. The van der Waals surface area contributed by atoms with Crippen molar-refractivity contribution in [3.63, 3.8) is 0 Å². The van der Waals surface area contributed by atoms with E-state index in [1.165, 1.54) is 0 Å². The number of amides is 9. The highest BCUT2D eigenvalue weighted by atomic mass is 32.2. The second-order valence-electron chi connectivity index (χ2n) is 21.1. The first-order valence-electron chi connectivity index (χ1n) is 28.6. The van der Waals surface area contributed by atoms with Gasteiger partial charge in [0.05, 0.1) is 76.7 Å². The number of nitrogens with one attached hydrogen (secondary N) is 7. The lowest BCUT2D eigenvalue weighted by Crippen LogP contribution is -2.36. The highest BCUT2D eigenvalue weighted by Crippen LogP contribution is 2.34. The van der Waals surface area contributed by atoms with Crippen LogP contribution in [0.4, 0.5) is 9.59 Å². The molecule has 8 N–H and O–H groups in total. The number of unbranched alkanes of at least 4 members (excludes halogenated alkanes) is 6. The molecule has 7 unspecified atom stereocenters. The lowest BCUT2D eigenvalue weighted by atomic mass is 9.96. The molecule has 0 spiro atoms. The average Bonchev–Trinajstić information content (AvgIpc) is 4.20. The largest absolute Gasteiger partial charge is 0.378 e. The van der Waals surface area contributed by atoms with Crippen molar-refractivity contribution in [3.05, 3.63) is 34.9 Å².